The number of amides is 1. The summed E-state index contributed by atoms with van der Waals surface area (Å²) in [6, 6.07) is -0.822. The molecule has 0 aromatic carbocycles. The Labute approximate surface area is 266 Å². The molecule has 0 radical (unpaired) electrons. The van der Waals surface area contributed by atoms with Crippen molar-refractivity contribution in [3.8, 4) is 0 Å². The second-order valence-corrected chi connectivity index (χ2v) is 12.4. The number of aliphatic hydroxyl groups excluding tert-OH is 3. The molecular formula is C38H71NO4. The smallest absolute Gasteiger partial charge is 0.220 e. The lowest BCUT2D eigenvalue weighted by Gasteiger charge is -2.26. The van der Waals surface area contributed by atoms with Gasteiger partial charge in [0.25, 0.3) is 0 Å². The Balaban J connectivity index is 3.62. The van der Waals surface area contributed by atoms with Gasteiger partial charge in [-0.3, -0.25) is 4.79 Å². The standard InChI is InChI=1S/C38H71NO4/c1-3-5-7-9-11-13-14-15-16-17-18-19-20-21-22-23-24-25-27-29-31-33-37(42)39-35(34-40)38(43)36(41)32-30-28-26-12-10-8-6-4-2/h5,7,11-13,26,35-36,38,40-41,43H,3-4,6,8-10,14-25,27-34H2,1-2H3,(H,39,42)/b7-5-,13-11-,26-12+. The molecule has 3 atom stereocenters. The lowest BCUT2D eigenvalue weighted by molar-refractivity contribution is -0.124. The highest BCUT2D eigenvalue weighted by Crippen LogP contribution is 2.15. The Hall–Kier alpha value is -1.43. The molecule has 0 heterocycles. The van der Waals surface area contributed by atoms with E-state index in [1.54, 1.807) is 0 Å². The van der Waals surface area contributed by atoms with Gasteiger partial charge in [0.1, 0.15) is 6.10 Å². The van der Waals surface area contributed by atoms with Crippen LogP contribution in [-0.4, -0.2) is 46.1 Å². The number of carbonyl (C=O) groups is 1. The highest BCUT2D eigenvalue weighted by atomic mass is 16.3. The van der Waals surface area contributed by atoms with Crippen molar-refractivity contribution in [2.75, 3.05) is 6.61 Å². The quantitative estimate of drug-likeness (QED) is 0.0454. The highest BCUT2D eigenvalue weighted by Gasteiger charge is 2.26. The van der Waals surface area contributed by atoms with Crippen molar-refractivity contribution in [2.45, 2.75) is 193 Å². The van der Waals surface area contributed by atoms with Crippen LogP contribution in [0.5, 0.6) is 0 Å². The molecule has 0 aromatic heterocycles. The molecule has 0 saturated carbocycles. The molecule has 0 rings (SSSR count). The molecule has 0 saturated heterocycles. The lowest BCUT2D eigenvalue weighted by atomic mass is 10.0. The normalized spacial score (nSPS) is 14.3. The maximum absolute atomic E-state index is 12.3. The first kappa shape index (κ1) is 41.6. The Morgan fingerprint density at radius 2 is 1.07 bits per heavy atom. The average Bonchev–Trinajstić information content (AvgIpc) is 3.01. The number of rotatable bonds is 32. The molecule has 1 amide bonds. The summed E-state index contributed by atoms with van der Waals surface area (Å²) >= 11 is 0. The van der Waals surface area contributed by atoms with Crippen LogP contribution in [0.1, 0.15) is 174 Å². The topological polar surface area (TPSA) is 89.8 Å². The number of unbranched alkanes of at least 4 members (excludes halogenated alkanes) is 18. The zero-order valence-electron chi connectivity index (χ0n) is 28.3. The largest absolute Gasteiger partial charge is 0.394 e. The van der Waals surface area contributed by atoms with Gasteiger partial charge in [0.2, 0.25) is 5.91 Å². The number of hydrogen-bond donors (Lipinski definition) is 4. The molecule has 0 spiro atoms. The van der Waals surface area contributed by atoms with Crippen LogP contribution in [0.3, 0.4) is 0 Å². The predicted octanol–water partition coefficient (Wildman–Crippen LogP) is 9.65. The van der Waals surface area contributed by atoms with Crippen molar-refractivity contribution in [3.05, 3.63) is 36.5 Å². The van der Waals surface area contributed by atoms with Crippen LogP contribution in [0.25, 0.3) is 0 Å². The summed E-state index contributed by atoms with van der Waals surface area (Å²) in [4.78, 5) is 12.3. The third-order valence-corrected chi connectivity index (χ3v) is 8.23. The second-order valence-electron chi connectivity index (χ2n) is 12.4. The number of aliphatic hydroxyl groups is 3. The van der Waals surface area contributed by atoms with Crippen molar-refractivity contribution in [3.63, 3.8) is 0 Å². The SMILES string of the molecule is CC/C=C\C/C=C\CCCCCCCCCCCCCCCCC(=O)NC(CO)C(O)C(O)CCC/C=C/CCCCC. The molecule has 0 aliphatic rings. The zero-order chi connectivity index (χ0) is 31.6. The van der Waals surface area contributed by atoms with Gasteiger partial charge in [0.15, 0.2) is 0 Å². The summed E-state index contributed by atoms with van der Waals surface area (Å²) in [5.41, 5.74) is 0. The summed E-state index contributed by atoms with van der Waals surface area (Å²) in [6.45, 7) is 3.99. The number of carbonyl (C=O) groups excluding carboxylic acids is 1. The summed E-state index contributed by atoms with van der Waals surface area (Å²) in [7, 11) is 0. The molecule has 0 aliphatic heterocycles. The van der Waals surface area contributed by atoms with E-state index in [-0.39, 0.29) is 12.5 Å². The van der Waals surface area contributed by atoms with Crippen molar-refractivity contribution in [2.24, 2.45) is 0 Å². The maximum atomic E-state index is 12.3. The van der Waals surface area contributed by atoms with Crippen LogP contribution in [0.4, 0.5) is 0 Å². The Kier molecular flexibility index (Phi) is 32.3. The van der Waals surface area contributed by atoms with E-state index in [2.05, 4.69) is 55.6 Å². The first-order valence-electron chi connectivity index (χ1n) is 18.3. The predicted molar refractivity (Wildman–Crippen MR) is 185 cm³/mol. The van der Waals surface area contributed by atoms with Crippen molar-refractivity contribution >= 4 is 5.91 Å². The third kappa shape index (κ3) is 29.1. The van der Waals surface area contributed by atoms with Crippen LogP contribution in [0, 0.1) is 0 Å². The van der Waals surface area contributed by atoms with E-state index in [4.69, 9.17) is 0 Å². The molecule has 43 heavy (non-hydrogen) atoms. The minimum absolute atomic E-state index is 0.160. The van der Waals surface area contributed by atoms with Gasteiger partial charge in [-0.05, 0) is 64.2 Å². The molecule has 0 bridgehead atoms. The maximum Gasteiger partial charge on any atom is 0.220 e. The highest BCUT2D eigenvalue weighted by molar-refractivity contribution is 5.76. The fourth-order valence-corrected chi connectivity index (χ4v) is 5.37. The van der Waals surface area contributed by atoms with Crippen molar-refractivity contribution < 1.29 is 20.1 Å². The van der Waals surface area contributed by atoms with Gasteiger partial charge < -0.3 is 20.6 Å². The van der Waals surface area contributed by atoms with Crippen LogP contribution >= 0.6 is 0 Å². The van der Waals surface area contributed by atoms with E-state index in [0.717, 1.165) is 51.4 Å². The van der Waals surface area contributed by atoms with Gasteiger partial charge >= 0.3 is 0 Å². The summed E-state index contributed by atoms with van der Waals surface area (Å²) < 4.78 is 0. The monoisotopic (exact) mass is 606 g/mol. The van der Waals surface area contributed by atoms with E-state index >= 15 is 0 Å². The van der Waals surface area contributed by atoms with Gasteiger partial charge in [-0.15, -0.1) is 0 Å². The molecule has 0 fully saturated rings. The Morgan fingerprint density at radius 3 is 1.60 bits per heavy atom. The number of nitrogens with one attached hydrogen (secondary N) is 1. The number of hydrogen-bond acceptors (Lipinski definition) is 4. The zero-order valence-corrected chi connectivity index (χ0v) is 28.3. The van der Waals surface area contributed by atoms with E-state index in [0.29, 0.717) is 12.8 Å². The Bertz CT molecular complexity index is 675. The Morgan fingerprint density at radius 1 is 0.605 bits per heavy atom. The summed E-state index contributed by atoms with van der Waals surface area (Å²) in [5, 5.41) is 33.1. The molecule has 5 nitrogen and oxygen atoms in total. The molecule has 0 aliphatic carbocycles. The number of allylic oxidation sites excluding steroid dienone is 6. The van der Waals surface area contributed by atoms with Gasteiger partial charge in [-0.25, -0.2) is 0 Å². The minimum atomic E-state index is -1.15. The molecule has 0 aromatic rings. The van der Waals surface area contributed by atoms with E-state index in [9.17, 15) is 20.1 Å². The van der Waals surface area contributed by atoms with Crippen LogP contribution in [-0.2, 0) is 4.79 Å². The molecule has 252 valence electrons. The molecule has 3 unspecified atom stereocenters. The van der Waals surface area contributed by atoms with Gasteiger partial charge in [-0.2, -0.15) is 0 Å². The van der Waals surface area contributed by atoms with Gasteiger partial charge in [-0.1, -0.05) is 140 Å². The van der Waals surface area contributed by atoms with Crippen LogP contribution in [0.15, 0.2) is 36.5 Å². The fraction of sp³-hybridized carbons (Fsp3) is 0.816. The second kappa shape index (κ2) is 33.5. The van der Waals surface area contributed by atoms with Crippen molar-refractivity contribution in [1.29, 1.82) is 0 Å². The van der Waals surface area contributed by atoms with E-state index in [1.807, 2.05) is 0 Å². The van der Waals surface area contributed by atoms with Crippen LogP contribution < -0.4 is 5.32 Å². The van der Waals surface area contributed by atoms with Gasteiger partial charge in [0.05, 0.1) is 18.8 Å². The van der Waals surface area contributed by atoms with Crippen molar-refractivity contribution in [1.82, 2.24) is 5.32 Å². The molecule has 5 heteroatoms. The minimum Gasteiger partial charge on any atom is -0.394 e. The van der Waals surface area contributed by atoms with Gasteiger partial charge in [0, 0.05) is 6.42 Å². The summed E-state index contributed by atoms with van der Waals surface area (Å²) in [6.07, 6.45) is 39.7. The fourth-order valence-electron chi connectivity index (χ4n) is 5.37. The molecular weight excluding hydrogens is 534 g/mol. The molecule has 4 N–H and O–H groups in total. The first-order chi connectivity index (χ1) is 21.1. The van der Waals surface area contributed by atoms with E-state index < -0.39 is 18.2 Å². The van der Waals surface area contributed by atoms with Crippen LogP contribution in [0.2, 0.25) is 0 Å². The first-order valence-corrected chi connectivity index (χ1v) is 18.3. The average molecular weight is 606 g/mol. The third-order valence-electron chi connectivity index (χ3n) is 8.23. The van der Waals surface area contributed by atoms with E-state index in [1.165, 1.54) is 96.3 Å². The summed E-state index contributed by atoms with van der Waals surface area (Å²) in [5.74, 6) is -0.160. The lowest BCUT2D eigenvalue weighted by Crippen LogP contribution is -2.50.